The number of likely N-dealkylation sites (tertiary alicyclic amines) is 1. The standard InChI is InChI=1S/C23H33N3O2.ClH/c1-16-2-4-17(5-3-16)15-24-23(28)19-8-10-26(11-9-19)22(27)14-18-12-20-6-7-21(13-18)25-20;/h2-5,18-21,25H,6-15H2,1H3,(H,24,28);1H. The Labute approximate surface area is 180 Å². The van der Waals surface area contributed by atoms with Gasteiger partial charge in [-0.15, -0.1) is 12.4 Å². The van der Waals surface area contributed by atoms with E-state index in [0.29, 0.717) is 36.9 Å². The summed E-state index contributed by atoms with van der Waals surface area (Å²) in [7, 11) is 0. The molecule has 4 rings (SSSR count). The molecule has 0 aromatic heterocycles. The Morgan fingerprint density at radius 2 is 1.66 bits per heavy atom. The maximum absolute atomic E-state index is 12.7. The van der Waals surface area contributed by atoms with Gasteiger partial charge in [0.1, 0.15) is 0 Å². The molecule has 2 unspecified atom stereocenters. The molecule has 3 fully saturated rings. The molecule has 2 atom stereocenters. The minimum absolute atomic E-state index is 0. The Hall–Kier alpha value is -1.59. The molecule has 2 amide bonds. The largest absolute Gasteiger partial charge is 0.352 e. The van der Waals surface area contributed by atoms with E-state index >= 15 is 0 Å². The molecule has 0 spiro atoms. The van der Waals surface area contributed by atoms with Crippen molar-refractivity contribution >= 4 is 24.2 Å². The number of fused-ring (bicyclic) bond motifs is 2. The van der Waals surface area contributed by atoms with Crippen molar-refractivity contribution in [2.45, 2.75) is 70.5 Å². The summed E-state index contributed by atoms with van der Waals surface area (Å²) in [5, 5.41) is 6.71. The van der Waals surface area contributed by atoms with E-state index in [-0.39, 0.29) is 24.2 Å². The van der Waals surface area contributed by atoms with Gasteiger partial charge in [-0.1, -0.05) is 29.8 Å². The van der Waals surface area contributed by atoms with E-state index in [4.69, 9.17) is 0 Å². The van der Waals surface area contributed by atoms with Crippen LogP contribution in [-0.2, 0) is 16.1 Å². The highest BCUT2D eigenvalue weighted by Crippen LogP contribution is 2.33. The fourth-order valence-corrected chi connectivity index (χ4v) is 5.15. The molecule has 3 saturated heterocycles. The van der Waals surface area contributed by atoms with E-state index in [2.05, 4.69) is 41.8 Å². The monoisotopic (exact) mass is 419 g/mol. The molecule has 0 aliphatic carbocycles. The molecule has 0 saturated carbocycles. The normalized spacial score (nSPS) is 26.7. The molecule has 160 valence electrons. The average molecular weight is 420 g/mol. The summed E-state index contributed by atoms with van der Waals surface area (Å²) in [6.07, 6.45) is 7.11. The SMILES string of the molecule is Cc1ccc(CNC(=O)C2CCN(C(=O)CC3CC4CCC(C3)N4)CC2)cc1.Cl. The van der Waals surface area contributed by atoms with Gasteiger partial charge in [0.15, 0.2) is 0 Å². The van der Waals surface area contributed by atoms with E-state index in [0.717, 1.165) is 44.3 Å². The minimum Gasteiger partial charge on any atom is -0.352 e. The highest BCUT2D eigenvalue weighted by molar-refractivity contribution is 5.85. The van der Waals surface area contributed by atoms with Gasteiger partial charge in [0, 0.05) is 44.1 Å². The van der Waals surface area contributed by atoms with Gasteiger partial charge in [0.2, 0.25) is 11.8 Å². The van der Waals surface area contributed by atoms with Crippen molar-refractivity contribution < 1.29 is 9.59 Å². The third kappa shape index (κ3) is 5.73. The molecule has 29 heavy (non-hydrogen) atoms. The van der Waals surface area contributed by atoms with Crippen LogP contribution in [0.5, 0.6) is 0 Å². The van der Waals surface area contributed by atoms with E-state index < -0.39 is 0 Å². The van der Waals surface area contributed by atoms with E-state index in [1.54, 1.807) is 0 Å². The Morgan fingerprint density at radius 1 is 1.03 bits per heavy atom. The number of hydrogen-bond donors (Lipinski definition) is 2. The van der Waals surface area contributed by atoms with Crippen LogP contribution in [0.15, 0.2) is 24.3 Å². The van der Waals surface area contributed by atoms with Gasteiger partial charge in [-0.3, -0.25) is 9.59 Å². The van der Waals surface area contributed by atoms with Gasteiger partial charge in [-0.25, -0.2) is 0 Å². The van der Waals surface area contributed by atoms with Crippen molar-refractivity contribution in [1.82, 2.24) is 15.5 Å². The fraction of sp³-hybridized carbons (Fsp3) is 0.652. The van der Waals surface area contributed by atoms with Crippen LogP contribution in [0.25, 0.3) is 0 Å². The predicted molar refractivity (Wildman–Crippen MR) is 117 cm³/mol. The lowest BCUT2D eigenvalue weighted by Crippen LogP contribution is -2.44. The van der Waals surface area contributed by atoms with Crippen molar-refractivity contribution in [3.05, 3.63) is 35.4 Å². The predicted octanol–water partition coefficient (Wildman–Crippen LogP) is 3.19. The molecule has 6 heteroatoms. The maximum atomic E-state index is 12.7. The Kier molecular flexibility index (Phi) is 7.58. The Morgan fingerprint density at radius 3 is 2.28 bits per heavy atom. The van der Waals surface area contributed by atoms with Crippen LogP contribution in [0.4, 0.5) is 0 Å². The molecular weight excluding hydrogens is 386 g/mol. The third-order valence-electron chi connectivity index (χ3n) is 6.84. The molecule has 3 aliphatic heterocycles. The van der Waals surface area contributed by atoms with Crippen LogP contribution >= 0.6 is 12.4 Å². The second-order valence-electron chi connectivity index (χ2n) is 9.04. The zero-order valence-corrected chi connectivity index (χ0v) is 18.2. The molecule has 1 aromatic carbocycles. The molecule has 3 aliphatic rings. The lowest BCUT2D eigenvalue weighted by atomic mass is 9.88. The lowest BCUT2D eigenvalue weighted by molar-refractivity contribution is -0.136. The molecule has 2 bridgehead atoms. The summed E-state index contributed by atoms with van der Waals surface area (Å²) < 4.78 is 0. The van der Waals surface area contributed by atoms with Gasteiger partial charge < -0.3 is 15.5 Å². The van der Waals surface area contributed by atoms with Crippen LogP contribution in [0.1, 0.15) is 56.1 Å². The Bertz CT molecular complexity index is 689. The number of amides is 2. The van der Waals surface area contributed by atoms with Crippen molar-refractivity contribution in [3.8, 4) is 0 Å². The second kappa shape index (κ2) is 9.94. The van der Waals surface area contributed by atoms with Crippen LogP contribution in [0.2, 0.25) is 0 Å². The topological polar surface area (TPSA) is 61.4 Å². The van der Waals surface area contributed by atoms with Gasteiger partial charge >= 0.3 is 0 Å². The number of nitrogens with zero attached hydrogens (tertiary/aromatic N) is 1. The summed E-state index contributed by atoms with van der Waals surface area (Å²) in [5.74, 6) is 0.999. The third-order valence-corrected chi connectivity index (χ3v) is 6.84. The first-order valence-electron chi connectivity index (χ1n) is 10.9. The first-order valence-corrected chi connectivity index (χ1v) is 10.9. The number of halogens is 1. The van der Waals surface area contributed by atoms with E-state index in [1.807, 2.05) is 4.90 Å². The number of rotatable bonds is 5. The van der Waals surface area contributed by atoms with Crippen molar-refractivity contribution in [1.29, 1.82) is 0 Å². The molecule has 5 nitrogen and oxygen atoms in total. The van der Waals surface area contributed by atoms with Gasteiger partial charge in [-0.05, 0) is 56.9 Å². The van der Waals surface area contributed by atoms with Crippen LogP contribution < -0.4 is 10.6 Å². The van der Waals surface area contributed by atoms with Crippen LogP contribution in [0, 0.1) is 18.8 Å². The number of carbonyl (C=O) groups excluding carboxylic acids is 2. The quantitative estimate of drug-likeness (QED) is 0.770. The summed E-state index contributed by atoms with van der Waals surface area (Å²) in [5.41, 5.74) is 2.35. The second-order valence-corrected chi connectivity index (χ2v) is 9.04. The summed E-state index contributed by atoms with van der Waals surface area (Å²) in [6, 6.07) is 9.53. The summed E-state index contributed by atoms with van der Waals surface area (Å²) in [6.45, 7) is 4.09. The summed E-state index contributed by atoms with van der Waals surface area (Å²) >= 11 is 0. The number of carbonyl (C=O) groups is 2. The molecule has 1 aromatic rings. The highest BCUT2D eigenvalue weighted by Gasteiger charge is 2.35. The number of nitrogens with one attached hydrogen (secondary N) is 2. The van der Waals surface area contributed by atoms with E-state index in [9.17, 15) is 9.59 Å². The first-order chi connectivity index (χ1) is 13.6. The number of hydrogen-bond acceptors (Lipinski definition) is 3. The number of benzene rings is 1. The van der Waals surface area contributed by atoms with Crippen molar-refractivity contribution in [2.75, 3.05) is 13.1 Å². The minimum atomic E-state index is 0. The molecular formula is C23H34ClN3O2. The number of aryl methyl sites for hydroxylation is 1. The van der Waals surface area contributed by atoms with Gasteiger partial charge in [0.25, 0.3) is 0 Å². The highest BCUT2D eigenvalue weighted by atomic mass is 35.5. The van der Waals surface area contributed by atoms with E-state index in [1.165, 1.54) is 18.4 Å². The molecule has 2 N–H and O–H groups in total. The van der Waals surface area contributed by atoms with Crippen molar-refractivity contribution in [3.63, 3.8) is 0 Å². The first kappa shape index (κ1) is 22.1. The fourth-order valence-electron chi connectivity index (χ4n) is 5.15. The Balaban J connectivity index is 0.00000240. The number of piperidine rings is 2. The van der Waals surface area contributed by atoms with Gasteiger partial charge in [-0.2, -0.15) is 0 Å². The van der Waals surface area contributed by atoms with Crippen molar-refractivity contribution in [2.24, 2.45) is 11.8 Å². The maximum Gasteiger partial charge on any atom is 0.223 e. The zero-order chi connectivity index (χ0) is 19.5. The lowest BCUT2D eigenvalue weighted by Gasteiger charge is -2.34. The van der Waals surface area contributed by atoms with Gasteiger partial charge in [0.05, 0.1) is 0 Å². The smallest absolute Gasteiger partial charge is 0.223 e. The molecule has 0 radical (unpaired) electrons. The zero-order valence-electron chi connectivity index (χ0n) is 17.4. The summed E-state index contributed by atoms with van der Waals surface area (Å²) in [4.78, 5) is 27.2. The van der Waals surface area contributed by atoms with Crippen LogP contribution in [0.3, 0.4) is 0 Å². The average Bonchev–Trinajstić information content (AvgIpc) is 3.05. The molecule has 3 heterocycles. The van der Waals surface area contributed by atoms with Crippen LogP contribution in [-0.4, -0.2) is 41.9 Å².